The fourth-order valence-corrected chi connectivity index (χ4v) is 3.06. The van der Waals surface area contributed by atoms with Crippen molar-refractivity contribution < 1.29 is 9.90 Å². The summed E-state index contributed by atoms with van der Waals surface area (Å²) in [5.41, 5.74) is 1.27. The van der Waals surface area contributed by atoms with E-state index >= 15 is 0 Å². The van der Waals surface area contributed by atoms with Crippen LogP contribution in [0.15, 0.2) is 28.7 Å². The zero-order chi connectivity index (χ0) is 13.0. The van der Waals surface area contributed by atoms with Crippen molar-refractivity contribution >= 4 is 21.9 Å². The second-order valence-electron chi connectivity index (χ2n) is 4.85. The summed E-state index contributed by atoms with van der Waals surface area (Å²) in [6.07, 6.45) is 4.35. The van der Waals surface area contributed by atoms with E-state index in [-0.39, 0.29) is 6.54 Å². The minimum atomic E-state index is -0.726. The lowest BCUT2D eigenvalue weighted by Crippen LogP contribution is -2.43. The molecule has 1 atom stereocenters. The van der Waals surface area contributed by atoms with Gasteiger partial charge in [0.15, 0.2) is 0 Å². The van der Waals surface area contributed by atoms with Gasteiger partial charge in [0.25, 0.3) is 0 Å². The largest absolute Gasteiger partial charge is 0.480 e. The standard InChI is InChI=1S/C14H18BrNO2/c15-12-5-3-4-11(8-12)9-13-6-1-2-7-16(13)10-14(17)18/h3-5,8,13H,1-2,6-7,9-10H2,(H,17,18). The lowest BCUT2D eigenvalue weighted by Gasteiger charge is -2.34. The summed E-state index contributed by atoms with van der Waals surface area (Å²) in [4.78, 5) is 13.0. The van der Waals surface area contributed by atoms with Crippen molar-refractivity contribution in [2.45, 2.75) is 31.7 Å². The van der Waals surface area contributed by atoms with Gasteiger partial charge in [-0.2, -0.15) is 0 Å². The molecule has 1 aromatic rings. The summed E-state index contributed by atoms with van der Waals surface area (Å²) in [6.45, 7) is 1.07. The predicted molar refractivity (Wildman–Crippen MR) is 74.7 cm³/mol. The van der Waals surface area contributed by atoms with Gasteiger partial charge in [-0.3, -0.25) is 9.69 Å². The van der Waals surface area contributed by atoms with E-state index in [2.05, 4.69) is 33.0 Å². The van der Waals surface area contributed by atoms with Gasteiger partial charge in [0, 0.05) is 10.5 Å². The molecule has 1 saturated heterocycles. The Labute approximate surface area is 116 Å². The number of benzene rings is 1. The molecule has 0 saturated carbocycles. The van der Waals surface area contributed by atoms with Crippen LogP contribution in [0.2, 0.25) is 0 Å². The average Bonchev–Trinajstić information content (AvgIpc) is 2.31. The molecule has 98 valence electrons. The molecule has 3 nitrogen and oxygen atoms in total. The first-order valence-electron chi connectivity index (χ1n) is 6.35. The highest BCUT2D eigenvalue weighted by atomic mass is 79.9. The van der Waals surface area contributed by atoms with Crippen LogP contribution in [0.25, 0.3) is 0 Å². The highest BCUT2D eigenvalue weighted by Gasteiger charge is 2.24. The number of aliphatic carboxylic acids is 1. The van der Waals surface area contributed by atoms with Crippen LogP contribution in [0.1, 0.15) is 24.8 Å². The Hall–Kier alpha value is -0.870. The Morgan fingerprint density at radius 1 is 1.44 bits per heavy atom. The Kier molecular flexibility index (Phi) is 4.78. The summed E-state index contributed by atoms with van der Waals surface area (Å²) in [5, 5.41) is 8.94. The van der Waals surface area contributed by atoms with Crippen molar-refractivity contribution in [3.63, 3.8) is 0 Å². The normalized spacial score (nSPS) is 20.8. The highest BCUT2D eigenvalue weighted by Crippen LogP contribution is 2.21. The van der Waals surface area contributed by atoms with Gasteiger partial charge in [0.2, 0.25) is 0 Å². The van der Waals surface area contributed by atoms with E-state index in [1.165, 1.54) is 12.0 Å². The van der Waals surface area contributed by atoms with Crippen LogP contribution < -0.4 is 0 Å². The number of carboxylic acids is 1. The monoisotopic (exact) mass is 311 g/mol. The molecule has 1 aliphatic heterocycles. The van der Waals surface area contributed by atoms with Crippen LogP contribution in [0, 0.1) is 0 Å². The maximum absolute atomic E-state index is 10.9. The molecule has 18 heavy (non-hydrogen) atoms. The Morgan fingerprint density at radius 3 is 3.00 bits per heavy atom. The molecule has 0 bridgehead atoms. The van der Waals surface area contributed by atoms with Crippen LogP contribution in [0.4, 0.5) is 0 Å². The van der Waals surface area contributed by atoms with Crippen molar-refractivity contribution in [1.82, 2.24) is 4.90 Å². The maximum atomic E-state index is 10.9. The van der Waals surface area contributed by atoms with Crippen molar-refractivity contribution in [2.24, 2.45) is 0 Å². The van der Waals surface area contributed by atoms with Gasteiger partial charge < -0.3 is 5.11 Å². The van der Waals surface area contributed by atoms with Crippen LogP contribution in [-0.2, 0) is 11.2 Å². The molecule has 0 radical (unpaired) electrons. The Bertz CT molecular complexity index is 422. The molecule has 2 rings (SSSR count). The van der Waals surface area contributed by atoms with Crippen molar-refractivity contribution in [3.8, 4) is 0 Å². The molecule has 1 aliphatic rings. The first-order valence-corrected chi connectivity index (χ1v) is 7.15. The van der Waals surface area contributed by atoms with E-state index in [9.17, 15) is 4.79 Å². The third-order valence-corrected chi connectivity index (χ3v) is 3.94. The van der Waals surface area contributed by atoms with Crippen LogP contribution in [0.5, 0.6) is 0 Å². The quantitative estimate of drug-likeness (QED) is 0.929. The first kappa shape index (κ1) is 13.6. The van der Waals surface area contributed by atoms with Gasteiger partial charge in [-0.15, -0.1) is 0 Å². The minimum absolute atomic E-state index is 0.165. The molecule has 1 heterocycles. The number of halogens is 1. The summed E-state index contributed by atoms with van der Waals surface area (Å²) in [7, 11) is 0. The molecular formula is C14H18BrNO2. The highest BCUT2D eigenvalue weighted by molar-refractivity contribution is 9.10. The van der Waals surface area contributed by atoms with Gasteiger partial charge >= 0.3 is 5.97 Å². The lowest BCUT2D eigenvalue weighted by molar-refractivity contribution is -0.139. The number of hydrogen-bond acceptors (Lipinski definition) is 2. The molecule has 0 aliphatic carbocycles. The fourth-order valence-electron chi connectivity index (χ4n) is 2.61. The van der Waals surface area contributed by atoms with Gasteiger partial charge in [0.1, 0.15) is 0 Å². The van der Waals surface area contributed by atoms with Crippen molar-refractivity contribution in [2.75, 3.05) is 13.1 Å². The number of likely N-dealkylation sites (tertiary alicyclic amines) is 1. The molecule has 1 N–H and O–H groups in total. The van der Waals surface area contributed by atoms with Crippen molar-refractivity contribution in [1.29, 1.82) is 0 Å². The molecule has 1 unspecified atom stereocenters. The van der Waals surface area contributed by atoms with E-state index in [1.54, 1.807) is 0 Å². The summed E-state index contributed by atoms with van der Waals surface area (Å²) in [5.74, 6) is -0.726. The summed E-state index contributed by atoms with van der Waals surface area (Å²) < 4.78 is 1.08. The Balaban J connectivity index is 2.03. The zero-order valence-corrected chi connectivity index (χ0v) is 11.9. The number of nitrogens with zero attached hydrogens (tertiary/aromatic N) is 1. The molecule has 1 aromatic carbocycles. The van der Waals surface area contributed by atoms with E-state index in [4.69, 9.17) is 5.11 Å². The molecule has 0 aromatic heterocycles. The predicted octanol–water partition coefficient (Wildman–Crippen LogP) is 2.93. The second kappa shape index (κ2) is 6.34. The van der Waals surface area contributed by atoms with Gasteiger partial charge in [0.05, 0.1) is 6.54 Å². The number of carboxylic acid groups (broad SMARTS) is 1. The number of piperidine rings is 1. The SMILES string of the molecule is O=C(O)CN1CCCCC1Cc1cccc(Br)c1. The van der Waals surface area contributed by atoms with Crippen LogP contribution in [-0.4, -0.2) is 35.1 Å². The Morgan fingerprint density at radius 2 is 2.28 bits per heavy atom. The lowest BCUT2D eigenvalue weighted by atomic mass is 9.95. The molecule has 1 fully saturated rings. The van der Waals surface area contributed by atoms with Crippen LogP contribution >= 0.6 is 15.9 Å². The minimum Gasteiger partial charge on any atom is -0.480 e. The van der Waals surface area contributed by atoms with Gasteiger partial charge in [-0.1, -0.05) is 34.5 Å². The fraction of sp³-hybridized carbons (Fsp3) is 0.500. The number of hydrogen-bond donors (Lipinski definition) is 1. The number of rotatable bonds is 4. The van der Waals surface area contributed by atoms with Crippen LogP contribution in [0.3, 0.4) is 0 Å². The molecule has 0 amide bonds. The van der Waals surface area contributed by atoms with E-state index in [0.29, 0.717) is 6.04 Å². The van der Waals surface area contributed by atoms with Gasteiger partial charge in [-0.25, -0.2) is 0 Å². The summed E-state index contributed by atoms with van der Waals surface area (Å²) in [6, 6.07) is 8.64. The molecule has 4 heteroatoms. The summed E-state index contributed by atoms with van der Waals surface area (Å²) >= 11 is 3.47. The first-order chi connectivity index (χ1) is 8.65. The average molecular weight is 312 g/mol. The topological polar surface area (TPSA) is 40.5 Å². The van der Waals surface area contributed by atoms with E-state index < -0.39 is 5.97 Å². The maximum Gasteiger partial charge on any atom is 0.317 e. The van der Waals surface area contributed by atoms with Crippen molar-refractivity contribution in [3.05, 3.63) is 34.3 Å². The third kappa shape index (κ3) is 3.82. The third-order valence-electron chi connectivity index (χ3n) is 3.45. The van der Waals surface area contributed by atoms with Gasteiger partial charge in [-0.05, 0) is 43.5 Å². The molecule has 0 spiro atoms. The smallest absolute Gasteiger partial charge is 0.317 e. The second-order valence-corrected chi connectivity index (χ2v) is 5.76. The van der Waals surface area contributed by atoms with E-state index in [0.717, 1.165) is 30.3 Å². The number of carbonyl (C=O) groups is 1. The zero-order valence-electron chi connectivity index (χ0n) is 10.3. The molecular weight excluding hydrogens is 294 g/mol. The van der Waals surface area contributed by atoms with E-state index in [1.807, 2.05) is 12.1 Å².